The van der Waals surface area contributed by atoms with Crippen LogP contribution in [0.4, 0.5) is 0 Å². The third-order valence-electron chi connectivity index (χ3n) is 3.11. The van der Waals surface area contributed by atoms with E-state index >= 15 is 0 Å². The number of hydrogen-bond acceptors (Lipinski definition) is 3. The first-order valence-electron chi connectivity index (χ1n) is 6.87. The summed E-state index contributed by atoms with van der Waals surface area (Å²) in [6.07, 6.45) is 6.06. The lowest BCUT2D eigenvalue weighted by atomic mass is 10.1. The maximum atomic E-state index is 11.0. The highest BCUT2D eigenvalue weighted by Gasteiger charge is 2.11. The van der Waals surface area contributed by atoms with Crippen LogP contribution in [0.5, 0.6) is 0 Å². The fraction of sp³-hybridized carbons (Fsp3) is 0.176. The zero-order valence-corrected chi connectivity index (χ0v) is 13.1. The quantitative estimate of drug-likeness (QED) is 0.790. The van der Waals surface area contributed by atoms with E-state index in [1.165, 1.54) is 12.1 Å². The Hall–Kier alpha value is -2.33. The van der Waals surface area contributed by atoms with Crippen molar-refractivity contribution in [3.8, 4) is 11.5 Å². The van der Waals surface area contributed by atoms with Crippen molar-refractivity contribution in [2.24, 2.45) is 0 Å². The Labute approximate surface area is 133 Å². The molecule has 0 atom stereocenters. The maximum absolute atomic E-state index is 11.0. The van der Waals surface area contributed by atoms with Gasteiger partial charge in [-0.25, -0.2) is 9.78 Å². The molecule has 0 bridgehead atoms. The summed E-state index contributed by atoms with van der Waals surface area (Å²) in [5.41, 5.74) is 1.64. The van der Waals surface area contributed by atoms with Crippen molar-refractivity contribution in [3.63, 3.8) is 0 Å². The number of carboxylic acid groups (broad SMARTS) is 1. The van der Waals surface area contributed by atoms with Crippen LogP contribution in [0.15, 0.2) is 52.1 Å². The molecule has 0 amide bonds. The molecule has 2 rings (SSSR count). The highest BCUT2D eigenvalue weighted by Crippen LogP contribution is 2.26. The second kappa shape index (κ2) is 7.09. The third kappa shape index (κ3) is 3.65. The molecular weight excluding hydrogens is 302 g/mol. The molecule has 0 aliphatic rings. The first kappa shape index (κ1) is 16.0. The topological polar surface area (TPSA) is 63.3 Å². The van der Waals surface area contributed by atoms with Crippen molar-refractivity contribution >= 4 is 23.1 Å². The average molecular weight is 318 g/mol. The summed E-state index contributed by atoms with van der Waals surface area (Å²) in [7, 11) is 0. The largest absolute Gasteiger partial charge is 0.478 e. The summed E-state index contributed by atoms with van der Waals surface area (Å²) in [4.78, 5) is 15.2. The Balaban J connectivity index is 2.36. The van der Waals surface area contributed by atoms with Crippen LogP contribution < -0.4 is 0 Å². The molecular formula is C17H16ClNO3. The highest BCUT2D eigenvalue weighted by atomic mass is 35.5. The van der Waals surface area contributed by atoms with Gasteiger partial charge in [0.25, 0.3) is 0 Å². The first-order chi connectivity index (χ1) is 10.5. The number of allylic oxidation sites excluding steroid dienone is 4. The van der Waals surface area contributed by atoms with Gasteiger partial charge in [0.2, 0.25) is 5.89 Å². The molecule has 1 aromatic carbocycles. The second-order valence-electron chi connectivity index (χ2n) is 4.60. The van der Waals surface area contributed by atoms with Gasteiger partial charge in [-0.1, -0.05) is 30.7 Å². The molecule has 2 aromatic rings. The normalized spacial score (nSPS) is 12.5. The van der Waals surface area contributed by atoms with Crippen molar-refractivity contribution in [2.45, 2.75) is 20.3 Å². The Bertz CT molecular complexity index is 744. The number of nitrogens with zero attached hydrogens (tertiary/aromatic N) is 1. The second-order valence-corrected chi connectivity index (χ2v) is 5.09. The molecule has 0 spiro atoms. The third-order valence-corrected chi connectivity index (χ3v) is 3.48. The number of hydrogen-bond donors (Lipinski definition) is 1. The molecule has 1 heterocycles. The van der Waals surface area contributed by atoms with E-state index in [1.807, 2.05) is 26.0 Å². The lowest BCUT2D eigenvalue weighted by molar-refractivity contribution is 0.0697. The van der Waals surface area contributed by atoms with Gasteiger partial charge in [0.1, 0.15) is 0 Å². The van der Waals surface area contributed by atoms with Crippen LogP contribution in [0.2, 0.25) is 0 Å². The van der Waals surface area contributed by atoms with Crippen molar-refractivity contribution in [2.75, 3.05) is 0 Å². The van der Waals surface area contributed by atoms with Crippen LogP contribution in [-0.2, 0) is 0 Å². The minimum Gasteiger partial charge on any atom is -0.478 e. The van der Waals surface area contributed by atoms with E-state index in [0.29, 0.717) is 17.2 Å². The monoisotopic (exact) mass is 317 g/mol. The summed E-state index contributed by atoms with van der Waals surface area (Å²) in [5, 5.41) is 9.75. The number of halogens is 1. The first-order valence-corrected chi connectivity index (χ1v) is 7.25. The van der Waals surface area contributed by atoms with Crippen LogP contribution in [0.1, 0.15) is 36.4 Å². The molecule has 0 saturated carbocycles. The molecule has 114 valence electrons. The maximum Gasteiger partial charge on any atom is 0.335 e. The zero-order chi connectivity index (χ0) is 16.1. The minimum absolute atomic E-state index is 0.192. The standard InChI is InChI=1S/C17H16ClNO3/c1-3-11(9-14(18)4-2)15-10-19-16(22-15)12-6-5-7-13(8-12)17(20)21/h3,5-10H,4H2,1-2H3,(H,20,21)/b11-3+,14-9+. The number of carbonyl (C=O) groups is 1. The molecule has 22 heavy (non-hydrogen) atoms. The van der Waals surface area contributed by atoms with Gasteiger partial charge in [0.15, 0.2) is 5.76 Å². The lowest BCUT2D eigenvalue weighted by Gasteiger charge is -2.00. The van der Waals surface area contributed by atoms with Crippen molar-refractivity contribution < 1.29 is 14.3 Å². The molecule has 5 heteroatoms. The van der Waals surface area contributed by atoms with Crippen LogP contribution in [0, 0.1) is 0 Å². The number of oxazole rings is 1. The van der Waals surface area contributed by atoms with Crippen molar-refractivity contribution in [1.82, 2.24) is 4.98 Å². The van der Waals surface area contributed by atoms with Gasteiger partial charge in [-0.15, -0.1) is 0 Å². The van der Waals surface area contributed by atoms with E-state index in [1.54, 1.807) is 18.3 Å². The molecule has 1 aromatic heterocycles. The molecule has 0 saturated heterocycles. The molecule has 4 nitrogen and oxygen atoms in total. The van der Waals surface area contributed by atoms with Gasteiger partial charge in [-0.3, -0.25) is 0 Å². The summed E-state index contributed by atoms with van der Waals surface area (Å²) in [5.74, 6) is -0.0243. The number of rotatable bonds is 5. The van der Waals surface area contributed by atoms with Crippen molar-refractivity contribution in [1.29, 1.82) is 0 Å². The fourth-order valence-electron chi connectivity index (χ4n) is 1.89. The molecule has 0 aliphatic carbocycles. The van der Waals surface area contributed by atoms with E-state index in [0.717, 1.165) is 17.0 Å². The number of aromatic nitrogens is 1. The number of aromatic carboxylic acids is 1. The lowest BCUT2D eigenvalue weighted by Crippen LogP contribution is -1.95. The molecule has 0 radical (unpaired) electrons. The Kier molecular flexibility index (Phi) is 5.17. The van der Waals surface area contributed by atoms with Gasteiger partial charge < -0.3 is 9.52 Å². The predicted octanol–water partition coefficient (Wildman–Crippen LogP) is 4.98. The molecule has 0 fully saturated rings. The van der Waals surface area contributed by atoms with Gasteiger partial charge >= 0.3 is 5.97 Å². The summed E-state index contributed by atoms with van der Waals surface area (Å²) < 4.78 is 5.73. The number of carboxylic acids is 1. The zero-order valence-electron chi connectivity index (χ0n) is 12.3. The highest BCUT2D eigenvalue weighted by molar-refractivity contribution is 6.30. The Morgan fingerprint density at radius 1 is 1.45 bits per heavy atom. The fourth-order valence-corrected chi connectivity index (χ4v) is 2.01. The van der Waals surface area contributed by atoms with E-state index in [4.69, 9.17) is 21.1 Å². The smallest absolute Gasteiger partial charge is 0.335 e. The van der Waals surface area contributed by atoms with E-state index < -0.39 is 5.97 Å². The van der Waals surface area contributed by atoms with Crippen LogP contribution >= 0.6 is 11.6 Å². The number of benzene rings is 1. The predicted molar refractivity (Wildman–Crippen MR) is 86.8 cm³/mol. The summed E-state index contributed by atoms with van der Waals surface area (Å²) >= 11 is 6.06. The van der Waals surface area contributed by atoms with Crippen molar-refractivity contribution in [3.05, 3.63) is 59.0 Å². The average Bonchev–Trinajstić information content (AvgIpc) is 3.02. The van der Waals surface area contributed by atoms with Gasteiger partial charge in [0.05, 0.1) is 11.8 Å². The van der Waals surface area contributed by atoms with Crippen LogP contribution in [-0.4, -0.2) is 16.1 Å². The Morgan fingerprint density at radius 3 is 2.86 bits per heavy atom. The van der Waals surface area contributed by atoms with E-state index in [-0.39, 0.29) is 5.56 Å². The molecule has 0 aliphatic heterocycles. The minimum atomic E-state index is -0.986. The van der Waals surface area contributed by atoms with Gasteiger partial charge in [-0.2, -0.15) is 0 Å². The van der Waals surface area contributed by atoms with Crippen LogP contribution in [0.3, 0.4) is 0 Å². The SMILES string of the molecule is C/C=C(\C=C(\Cl)CC)c1cnc(-c2cccc(C(=O)O)c2)o1. The van der Waals surface area contributed by atoms with E-state index in [2.05, 4.69) is 4.98 Å². The summed E-state index contributed by atoms with van der Waals surface area (Å²) in [6.45, 7) is 3.86. The molecule has 0 unspecified atom stereocenters. The summed E-state index contributed by atoms with van der Waals surface area (Å²) in [6, 6.07) is 6.47. The van der Waals surface area contributed by atoms with Crippen LogP contribution in [0.25, 0.3) is 17.0 Å². The van der Waals surface area contributed by atoms with E-state index in [9.17, 15) is 4.79 Å². The molecule has 1 N–H and O–H groups in total. The Morgan fingerprint density at radius 2 is 2.23 bits per heavy atom. The van der Waals surface area contributed by atoms with Gasteiger partial charge in [0, 0.05) is 16.2 Å². The van der Waals surface area contributed by atoms with Gasteiger partial charge in [-0.05, 0) is 37.6 Å².